The van der Waals surface area contributed by atoms with Gasteiger partial charge in [-0.15, -0.1) is 0 Å². The number of benzene rings is 1. The third kappa shape index (κ3) is 3.73. The number of hydrogen-bond acceptors (Lipinski definition) is 2. The molecule has 0 bridgehead atoms. The first-order valence-corrected chi connectivity index (χ1v) is 6.98. The number of aromatic carboxylic acids is 1. The lowest BCUT2D eigenvalue weighted by Gasteiger charge is -2.20. The maximum Gasteiger partial charge on any atom is 0.335 e. The Morgan fingerprint density at radius 2 is 2.15 bits per heavy atom. The number of carboxylic acids is 1. The molecule has 5 heteroatoms. The Hall–Kier alpha value is -2.04. The van der Waals surface area contributed by atoms with Crippen LogP contribution in [0.3, 0.4) is 0 Å². The van der Waals surface area contributed by atoms with Crippen LogP contribution in [-0.4, -0.2) is 41.1 Å². The van der Waals surface area contributed by atoms with E-state index in [9.17, 15) is 9.59 Å². The first-order valence-electron chi connectivity index (χ1n) is 6.98. The first kappa shape index (κ1) is 14.4. The molecule has 108 valence electrons. The van der Waals surface area contributed by atoms with E-state index >= 15 is 0 Å². The highest BCUT2D eigenvalue weighted by atomic mass is 16.4. The summed E-state index contributed by atoms with van der Waals surface area (Å²) in [7, 11) is 0. The van der Waals surface area contributed by atoms with E-state index in [1.165, 1.54) is 0 Å². The molecule has 1 aromatic rings. The van der Waals surface area contributed by atoms with Gasteiger partial charge in [-0.25, -0.2) is 9.59 Å². The Labute approximate surface area is 118 Å². The molecule has 1 saturated carbocycles. The van der Waals surface area contributed by atoms with Crippen LogP contribution in [0.5, 0.6) is 0 Å². The maximum atomic E-state index is 11.9. The van der Waals surface area contributed by atoms with Crippen molar-refractivity contribution in [1.29, 1.82) is 0 Å². The second-order valence-corrected chi connectivity index (χ2v) is 5.00. The minimum absolute atomic E-state index is 0.0237. The summed E-state index contributed by atoms with van der Waals surface area (Å²) < 4.78 is 0. The molecule has 0 heterocycles. The van der Waals surface area contributed by atoms with Crippen LogP contribution in [0.15, 0.2) is 24.3 Å². The topological polar surface area (TPSA) is 69.6 Å². The van der Waals surface area contributed by atoms with Gasteiger partial charge in [-0.3, -0.25) is 0 Å². The summed E-state index contributed by atoms with van der Waals surface area (Å²) in [6, 6.07) is 7.20. The van der Waals surface area contributed by atoms with Crippen LogP contribution in [0.4, 0.5) is 4.79 Å². The Morgan fingerprint density at radius 3 is 2.75 bits per heavy atom. The first-order chi connectivity index (χ1) is 9.61. The molecule has 0 spiro atoms. The molecule has 5 nitrogen and oxygen atoms in total. The van der Waals surface area contributed by atoms with E-state index in [1.807, 2.05) is 17.9 Å². The molecule has 1 aliphatic carbocycles. The van der Waals surface area contributed by atoms with Crippen molar-refractivity contribution in [1.82, 2.24) is 10.2 Å². The Morgan fingerprint density at radius 1 is 1.40 bits per heavy atom. The SMILES string of the molecule is CCN(C(=O)NCCc1cccc(C(=O)O)c1)C1CC1. The van der Waals surface area contributed by atoms with Crippen LogP contribution in [0.25, 0.3) is 0 Å². The largest absolute Gasteiger partial charge is 0.478 e. The number of carbonyl (C=O) groups excluding carboxylic acids is 1. The Kier molecular flexibility index (Phi) is 4.61. The molecule has 2 N–H and O–H groups in total. The molecular weight excluding hydrogens is 256 g/mol. The van der Waals surface area contributed by atoms with Crippen molar-refractivity contribution in [2.45, 2.75) is 32.2 Å². The van der Waals surface area contributed by atoms with Crippen molar-refractivity contribution >= 4 is 12.0 Å². The summed E-state index contributed by atoms with van der Waals surface area (Å²) in [6.45, 7) is 3.23. The zero-order chi connectivity index (χ0) is 14.5. The van der Waals surface area contributed by atoms with Gasteiger partial charge in [0, 0.05) is 19.1 Å². The summed E-state index contributed by atoms with van der Waals surface area (Å²) in [5.41, 5.74) is 1.20. The molecule has 0 saturated heterocycles. The van der Waals surface area contributed by atoms with E-state index in [0.717, 1.165) is 24.9 Å². The lowest BCUT2D eigenvalue weighted by Crippen LogP contribution is -2.41. The van der Waals surface area contributed by atoms with Crippen LogP contribution in [0, 0.1) is 0 Å². The zero-order valence-electron chi connectivity index (χ0n) is 11.6. The van der Waals surface area contributed by atoms with Gasteiger partial charge in [0.1, 0.15) is 0 Å². The summed E-state index contributed by atoms with van der Waals surface area (Å²) >= 11 is 0. The molecule has 1 fully saturated rings. The highest BCUT2D eigenvalue weighted by molar-refractivity contribution is 5.87. The van der Waals surface area contributed by atoms with Gasteiger partial charge in [0.2, 0.25) is 0 Å². The number of urea groups is 1. The predicted octanol–water partition coefficient (Wildman–Crippen LogP) is 2.12. The van der Waals surface area contributed by atoms with E-state index in [4.69, 9.17) is 5.11 Å². The molecule has 1 aromatic carbocycles. The van der Waals surface area contributed by atoms with Crippen LogP contribution in [-0.2, 0) is 6.42 Å². The number of carboxylic acid groups (broad SMARTS) is 1. The van der Waals surface area contributed by atoms with Gasteiger partial charge in [-0.1, -0.05) is 12.1 Å². The third-order valence-electron chi connectivity index (χ3n) is 3.45. The summed E-state index contributed by atoms with van der Waals surface area (Å²) in [4.78, 5) is 24.7. The molecule has 0 aromatic heterocycles. The molecule has 0 radical (unpaired) electrons. The fraction of sp³-hybridized carbons (Fsp3) is 0.467. The number of rotatable bonds is 6. The van der Waals surface area contributed by atoms with Gasteiger partial charge < -0.3 is 15.3 Å². The molecule has 1 aliphatic rings. The molecule has 2 amide bonds. The number of nitrogens with one attached hydrogen (secondary N) is 1. The van der Waals surface area contributed by atoms with Crippen molar-refractivity contribution < 1.29 is 14.7 Å². The summed E-state index contributed by atoms with van der Waals surface area (Å²) in [6.07, 6.45) is 2.83. The summed E-state index contributed by atoms with van der Waals surface area (Å²) in [5, 5.41) is 11.8. The lowest BCUT2D eigenvalue weighted by molar-refractivity contribution is 0.0696. The molecule has 20 heavy (non-hydrogen) atoms. The second kappa shape index (κ2) is 6.41. The monoisotopic (exact) mass is 276 g/mol. The van der Waals surface area contributed by atoms with E-state index < -0.39 is 5.97 Å². The normalized spacial score (nSPS) is 13.8. The molecule has 0 atom stereocenters. The van der Waals surface area contributed by atoms with Crippen molar-refractivity contribution in [3.63, 3.8) is 0 Å². The van der Waals surface area contributed by atoms with Gasteiger partial charge in [0.25, 0.3) is 0 Å². The van der Waals surface area contributed by atoms with Gasteiger partial charge in [-0.05, 0) is 43.9 Å². The molecule has 2 rings (SSSR count). The van der Waals surface area contributed by atoms with Gasteiger partial charge >= 0.3 is 12.0 Å². The molecule has 0 unspecified atom stereocenters. The van der Waals surface area contributed by atoms with Crippen molar-refractivity contribution in [3.05, 3.63) is 35.4 Å². The molecule has 0 aliphatic heterocycles. The fourth-order valence-electron chi connectivity index (χ4n) is 2.23. The van der Waals surface area contributed by atoms with E-state index in [2.05, 4.69) is 5.32 Å². The minimum atomic E-state index is -0.929. The summed E-state index contributed by atoms with van der Waals surface area (Å²) in [5.74, 6) is -0.929. The van der Waals surface area contributed by atoms with Crippen LogP contribution in [0.2, 0.25) is 0 Å². The van der Waals surface area contributed by atoms with Crippen LogP contribution >= 0.6 is 0 Å². The highest BCUT2D eigenvalue weighted by Crippen LogP contribution is 2.26. The van der Waals surface area contributed by atoms with Crippen molar-refractivity contribution in [2.24, 2.45) is 0 Å². The number of nitrogens with zero attached hydrogens (tertiary/aromatic N) is 1. The predicted molar refractivity (Wildman–Crippen MR) is 75.9 cm³/mol. The van der Waals surface area contributed by atoms with Crippen molar-refractivity contribution in [2.75, 3.05) is 13.1 Å². The van der Waals surface area contributed by atoms with E-state index in [0.29, 0.717) is 19.0 Å². The minimum Gasteiger partial charge on any atom is -0.478 e. The standard InChI is InChI=1S/C15H20N2O3/c1-2-17(13-6-7-13)15(20)16-9-8-11-4-3-5-12(10-11)14(18)19/h3-5,10,13H,2,6-9H2,1H3,(H,16,20)(H,18,19). The molecular formula is C15H20N2O3. The van der Waals surface area contributed by atoms with E-state index in [1.54, 1.807) is 18.2 Å². The average molecular weight is 276 g/mol. The Bertz CT molecular complexity index is 498. The lowest BCUT2D eigenvalue weighted by atomic mass is 10.1. The number of amides is 2. The quantitative estimate of drug-likeness (QED) is 0.836. The highest BCUT2D eigenvalue weighted by Gasteiger charge is 2.30. The number of carbonyl (C=O) groups is 2. The smallest absolute Gasteiger partial charge is 0.335 e. The average Bonchev–Trinajstić information content (AvgIpc) is 3.24. The fourth-order valence-corrected chi connectivity index (χ4v) is 2.23. The van der Waals surface area contributed by atoms with E-state index in [-0.39, 0.29) is 11.6 Å². The van der Waals surface area contributed by atoms with Gasteiger partial charge in [0.05, 0.1) is 5.56 Å². The third-order valence-corrected chi connectivity index (χ3v) is 3.45. The van der Waals surface area contributed by atoms with Gasteiger partial charge in [-0.2, -0.15) is 0 Å². The maximum absolute atomic E-state index is 11.9. The van der Waals surface area contributed by atoms with Crippen LogP contribution < -0.4 is 5.32 Å². The zero-order valence-corrected chi connectivity index (χ0v) is 11.6. The van der Waals surface area contributed by atoms with Crippen LogP contribution in [0.1, 0.15) is 35.7 Å². The van der Waals surface area contributed by atoms with Crippen molar-refractivity contribution in [3.8, 4) is 0 Å². The second-order valence-electron chi connectivity index (χ2n) is 5.00. The number of hydrogen-bond donors (Lipinski definition) is 2. The van der Waals surface area contributed by atoms with Gasteiger partial charge in [0.15, 0.2) is 0 Å². The Balaban J connectivity index is 1.81.